The van der Waals surface area contributed by atoms with Crippen LogP contribution < -0.4 is 9.64 Å². The molecule has 0 aliphatic rings. The molecule has 0 N–H and O–H groups in total. The van der Waals surface area contributed by atoms with Gasteiger partial charge in [-0.2, -0.15) is 0 Å². The van der Waals surface area contributed by atoms with Gasteiger partial charge in [-0.1, -0.05) is 30.3 Å². The molecule has 0 unspecified atom stereocenters. The molecule has 0 heterocycles. The van der Waals surface area contributed by atoms with Crippen molar-refractivity contribution in [1.29, 1.82) is 0 Å². The maximum atomic E-state index is 12.5. The monoisotopic (exact) mass is 295 g/mol. The second kappa shape index (κ2) is 7.46. The number of rotatable bonds is 5. The van der Waals surface area contributed by atoms with Crippen molar-refractivity contribution in [2.75, 3.05) is 12.0 Å². The molecular formula is C19H21NO2. The minimum Gasteiger partial charge on any atom is -0.497 e. The van der Waals surface area contributed by atoms with Crippen molar-refractivity contribution in [3.63, 3.8) is 0 Å². The smallest absolute Gasteiger partial charge is 0.251 e. The van der Waals surface area contributed by atoms with Gasteiger partial charge in [-0.05, 0) is 49.8 Å². The molecule has 0 atom stereocenters. The summed E-state index contributed by atoms with van der Waals surface area (Å²) in [6.07, 6.45) is 3.43. The Hall–Kier alpha value is -2.55. The first-order valence-corrected chi connectivity index (χ1v) is 7.32. The van der Waals surface area contributed by atoms with Crippen LogP contribution in [0.25, 0.3) is 6.08 Å². The van der Waals surface area contributed by atoms with Crippen molar-refractivity contribution in [1.82, 2.24) is 0 Å². The third-order valence-corrected chi connectivity index (χ3v) is 3.32. The molecule has 0 bridgehead atoms. The highest BCUT2D eigenvalue weighted by atomic mass is 16.5. The van der Waals surface area contributed by atoms with E-state index in [-0.39, 0.29) is 11.9 Å². The maximum Gasteiger partial charge on any atom is 0.251 e. The Morgan fingerprint density at radius 3 is 2.23 bits per heavy atom. The molecule has 3 nitrogen and oxygen atoms in total. The van der Waals surface area contributed by atoms with Gasteiger partial charge < -0.3 is 9.64 Å². The van der Waals surface area contributed by atoms with Gasteiger partial charge in [-0.3, -0.25) is 4.79 Å². The molecule has 1 amide bonds. The second-order valence-electron chi connectivity index (χ2n) is 5.24. The molecule has 22 heavy (non-hydrogen) atoms. The van der Waals surface area contributed by atoms with E-state index in [1.54, 1.807) is 18.1 Å². The fourth-order valence-corrected chi connectivity index (χ4v) is 2.23. The molecular weight excluding hydrogens is 274 g/mol. The van der Waals surface area contributed by atoms with E-state index < -0.39 is 0 Å². The normalized spacial score (nSPS) is 10.9. The highest BCUT2D eigenvalue weighted by Crippen LogP contribution is 2.18. The van der Waals surface area contributed by atoms with E-state index in [1.165, 1.54) is 0 Å². The first kappa shape index (κ1) is 15.8. The largest absolute Gasteiger partial charge is 0.497 e. The van der Waals surface area contributed by atoms with Crippen LogP contribution in [0.2, 0.25) is 0 Å². The predicted octanol–water partition coefficient (Wildman–Crippen LogP) is 4.15. The van der Waals surface area contributed by atoms with E-state index in [1.807, 2.05) is 74.5 Å². The predicted molar refractivity (Wildman–Crippen MR) is 91.1 cm³/mol. The summed E-state index contributed by atoms with van der Waals surface area (Å²) in [5.41, 5.74) is 1.87. The van der Waals surface area contributed by atoms with Gasteiger partial charge in [0.05, 0.1) is 7.11 Å². The molecule has 3 heteroatoms. The van der Waals surface area contributed by atoms with Crippen LogP contribution in [0.3, 0.4) is 0 Å². The average Bonchev–Trinajstić information content (AvgIpc) is 2.54. The van der Waals surface area contributed by atoms with Crippen LogP contribution >= 0.6 is 0 Å². The molecule has 0 saturated carbocycles. The molecule has 0 aliphatic carbocycles. The van der Waals surface area contributed by atoms with Gasteiger partial charge in [0.1, 0.15) is 5.75 Å². The van der Waals surface area contributed by atoms with Crippen LogP contribution in [0.4, 0.5) is 5.69 Å². The lowest BCUT2D eigenvalue weighted by atomic mass is 10.2. The molecule has 114 valence electrons. The Labute approximate surface area is 131 Å². The van der Waals surface area contributed by atoms with Crippen LogP contribution in [-0.4, -0.2) is 19.1 Å². The highest BCUT2D eigenvalue weighted by molar-refractivity contribution is 6.04. The minimum atomic E-state index is -0.0305. The summed E-state index contributed by atoms with van der Waals surface area (Å²) >= 11 is 0. The Kier molecular flexibility index (Phi) is 5.37. The maximum absolute atomic E-state index is 12.5. The Morgan fingerprint density at radius 1 is 1.05 bits per heavy atom. The number of amides is 1. The van der Waals surface area contributed by atoms with Gasteiger partial charge in [-0.25, -0.2) is 0 Å². The van der Waals surface area contributed by atoms with Crippen molar-refractivity contribution in [2.45, 2.75) is 19.9 Å². The number of ether oxygens (including phenoxy) is 1. The lowest BCUT2D eigenvalue weighted by Gasteiger charge is -2.25. The highest BCUT2D eigenvalue weighted by Gasteiger charge is 2.16. The van der Waals surface area contributed by atoms with Crippen molar-refractivity contribution in [2.24, 2.45) is 0 Å². The van der Waals surface area contributed by atoms with E-state index in [9.17, 15) is 4.79 Å². The number of hydrogen-bond acceptors (Lipinski definition) is 2. The van der Waals surface area contributed by atoms with Crippen molar-refractivity contribution in [3.05, 3.63) is 66.2 Å². The number of methoxy groups -OCH3 is 1. The molecule has 0 saturated heterocycles. The number of benzene rings is 2. The van der Waals surface area contributed by atoms with Crippen LogP contribution in [-0.2, 0) is 4.79 Å². The molecule has 0 spiro atoms. The zero-order valence-electron chi connectivity index (χ0n) is 13.2. The molecule has 0 radical (unpaired) electrons. The van der Waals surface area contributed by atoms with Crippen molar-refractivity contribution < 1.29 is 9.53 Å². The molecule has 2 rings (SSSR count). The van der Waals surface area contributed by atoms with Gasteiger partial charge in [0.2, 0.25) is 0 Å². The number of nitrogens with zero attached hydrogens (tertiary/aromatic N) is 1. The van der Waals surface area contributed by atoms with Crippen molar-refractivity contribution >= 4 is 17.7 Å². The Balaban J connectivity index is 2.15. The topological polar surface area (TPSA) is 29.5 Å². The average molecular weight is 295 g/mol. The van der Waals surface area contributed by atoms with Gasteiger partial charge in [0.15, 0.2) is 0 Å². The lowest BCUT2D eigenvalue weighted by Crippen LogP contribution is -2.35. The number of para-hydroxylation sites is 1. The standard InChI is InChI=1S/C19H21NO2/c1-15(2)20(17-7-5-4-6-8-17)19(21)14-11-16-9-12-18(22-3)13-10-16/h4-15H,1-3H3. The number of anilines is 1. The van der Waals surface area contributed by atoms with E-state index in [0.29, 0.717) is 0 Å². The molecule has 2 aromatic rings. The fourth-order valence-electron chi connectivity index (χ4n) is 2.23. The summed E-state index contributed by atoms with van der Waals surface area (Å²) in [6, 6.07) is 17.4. The summed E-state index contributed by atoms with van der Waals surface area (Å²) < 4.78 is 5.12. The molecule has 0 aromatic heterocycles. The number of hydrogen-bond donors (Lipinski definition) is 0. The van der Waals surface area contributed by atoms with Crippen LogP contribution in [0.15, 0.2) is 60.7 Å². The summed E-state index contributed by atoms with van der Waals surface area (Å²) in [4.78, 5) is 14.3. The van der Waals surface area contributed by atoms with Gasteiger partial charge in [0.25, 0.3) is 5.91 Å². The number of carbonyl (C=O) groups excluding carboxylic acids is 1. The minimum absolute atomic E-state index is 0.0305. The fraction of sp³-hybridized carbons (Fsp3) is 0.211. The van der Waals surface area contributed by atoms with Gasteiger partial charge in [0, 0.05) is 17.8 Å². The zero-order chi connectivity index (χ0) is 15.9. The van der Waals surface area contributed by atoms with Crippen molar-refractivity contribution in [3.8, 4) is 5.75 Å². The first-order chi connectivity index (χ1) is 10.6. The van der Waals surface area contributed by atoms with E-state index in [0.717, 1.165) is 17.0 Å². The summed E-state index contributed by atoms with van der Waals surface area (Å²) in [5.74, 6) is 0.772. The summed E-state index contributed by atoms with van der Waals surface area (Å²) in [5, 5.41) is 0. The SMILES string of the molecule is COc1ccc(C=CC(=O)N(c2ccccc2)C(C)C)cc1. The van der Waals surface area contributed by atoms with Gasteiger partial charge >= 0.3 is 0 Å². The quantitative estimate of drug-likeness (QED) is 0.776. The van der Waals surface area contributed by atoms with E-state index in [4.69, 9.17) is 4.74 Å². The Bertz CT molecular complexity index is 630. The molecule has 2 aromatic carbocycles. The molecule has 0 fully saturated rings. The Morgan fingerprint density at radius 2 is 1.68 bits per heavy atom. The second-order valence-corrected chi connectivity index (χ2v) is 5.24. The lowest BCUT2D eigenvalue weighted by molar-refractivity contribution is -0.114. The summed E-state index contributed by atoms with van der Waals surface area (Å²) in [6.45, 7) is 4.01. The zero-order valence-corrected chi connectivity index (χ0v) is 13.2. The third-order valence-electron chi connectivity index (χ3n) is 3.32. The van der Waals surface area contributed by atoms with E-state index >= 15 is 0 Å². The number of carbonyl (C=O) groups is 1. The third kappa shape index (κ3) is 3.98. The van der Waals surface area contributed by atoms with Crippen LogP contribution in [0.5, 0.6) is 5.75 Å². The van der Waals surface area contributed by atoms with Crippen LogP contribution in [0, 0.1) is 0 Å². The van der Waals surface area contributed by atoms with E-state index in [2.05, 4.69) is 0 Å². The van der Waals surface area contributed by atoms with Crippen LogP contribution in [0.1, 0.15) is 19.4 Å². The first-order valence-electron chi connectivity index (χ1n) is 7.32. The molecule has 0 aliphatic heterocycles. The summed E-state index contributed by atoms with van der Waals surface area (Å²) in [7, 11) is 1.63. The van der Waals surface area contributed by atoms with Gasteiger partial charge in [-0.15, -0.1) is 0 Å².